The van der Waals surface area contributed by atoms with Gasteiger partial charge in [0, 0.05) is 44.0 Å². The number of alkyl halides is 1. The minimum atomic E-state index is -0.605. The van der Waals surface area contributed by atoms with Crippen molar-refractivity contribution in [3.63, 3.8) is 0 Å². The van der Waals surface area contributed by atoms with Crippen molar-refractivity contribution < 1.29 is 19.2 Å². The summed E-state index contributed by atoms with van der Waals surface area (Å²) in [4.78, 5) is 31.0. The molecule has 8 heteroatoms. The van der Waals surface area contributed by atoms with Crippen LogP contribution < -0.4 is 10.4 Å². The van der Waals surface area contributed by atoms with Gasteiger partial charge in [-0.2, -0.15) is 0 Å². The van der Waals surface area contributed by atoms with Crippen molar-refractivity contribution in [2.45, 2.75) is 34.0 Å². The number of hydrogen-bond acceptors (Lipinski definition) is 4. The number of hydroxylamine groups is 1. The second-order valence-electron chi connectivity index (χ2n) is 9.63. The van der Waals surface area contributed by atoms with Crippen LogP contribution in [0.3, 0.4) is 0 Å². The minimum absolute atomic E-state index is 0.126. The number of hydrogen-bond donors (Lipinski definition) is 2. The van der Waals surface area contributed by atoms with Gasteiger partial charge in [-0.3, -0.25) is 19.8 Å². The molecule has 1 aliphatic rings. The second-order valence-corrected chi connectivity index (χ2v) is 9.63. The van der Waals surface area contributed by atoms with Crippen LogP contribution in [0.25, 0.3) is 0 Å². The molecule has 178 valence electrons. The monoisotopic (exact) mass is 456 g/mol. The summed E-state index contributed by atoms with van der Waals surface area (Å²) < 4.78 is 13.3. The quantitative estimate of drug-likeness (QED) is 0.508. The molecule has 33 heavy (non-hydrogen) atoms. The number of carbonyl (C=O) groups excluding carboxylic acids is 2. The smallest absolute Gasteiger partial charge is 0.322 e. The average Bonchev–Trinajstić information content (AvgIpc) is 2.81. The third-order valence-electron chi connectivity index (χ3n) is 5.61. The van der Waals surface area contributed by atoms with Gasteiger partial charge in [-0.1, -0.05) is 45.0 Å². The highest BCUT2D eigenvalue weighted by atomic mass is 19.1. The Morgan fingerprint density at radius 2 is 1.70 bits per heavy atom. The van der Waals surface area contributed by atoms with Crippen molar-refractivity contribution in [3.05, 3.63) is 65.2 Å². The number of piperazine rings is 1. The molecule has 0 bridgehead atoms. The molecule has 0 atom stereocenters. The molecule has 1 heterocycles. The van der Waals surface area contributed by atoms with Crippen LogP contribution in [-0.2, 0) is 13.2 Å². The third-order valence-corrected chi connectivity index (χ3v) is 5.61. The van der Waals surface area contributed by atoms with E-state index in [4.69, 9.17) is 5.21 Å². The van der Waals surface area contributed by atoms with E-state index < -0.39 is 12.6 Å². The predicted octanol–water partition coefficient (Wildman–Crippen LogP) is 4.07. The lowest BCUT2D eigenvalue weighted by Crippen LogP contribution is -2.54. The third kappa shape index (κ3) is 6.76. The van der Waals surface area contributed by atoms with Gasteiger partial charge in [0.15, 0.2) is 0 Å². The van der Waals surface area contributed by atoms with Gasteiger partial charge in [-0.25, -0.2) is 14.7 Å². The minimum Gasteiger partial charge on any atom is -0.322 e. The molecule has 7 nitrogen and oxygen atoms in total. The molecule has 0 radical (unpaired) electrons. The van der Waals surface area contributed by atoms with Crippen molar-refractivity contribution >= 4 is 17.6 Å². The molecule has 0 unspecified atom stereocenters. The fraction of sp³-hybridized carbons (Fsp3) is 0.440. The molecule has 3 amide bonds. The molecule has 0 aliphatic carbocycles. The van der Waals surface area contributed by atoms with E-state index >= 15 is 0 Å². The van der Waals surface area contributed by atoms with E-state index in [2.05, 4.69) is 25.7 Å². The highest BCUT2D eigenvalue weighted by molar-refractivity contribution is 5.94. The summed E-state index contributed by atoms with van der Waals surface area (Å²) >= 11 is 0. The molecule has 2 N–H and O–H groups in total. The Kier molecular flexibility index (Phi) is 8.05. The number of anilines is 1. The Labute approximate surface area is 194 Å². The van der Waals surface area contributed by atoms with E-state index in [1.54, 1.807) is 58.9 Å². The predicted molar refractivity (Wildman–Crippen MR) is 126 cm³/mol. The first kappa shape index (κ1) is 24.7. The Hall–Kier alpha value is -2.97. The first-order valence-electron chi connectivity index (χ1n) is 11.2. The van der Waals surface area contributed by atoms with Gasteiger partial charge >= 0.3 is 6.03 Å². The Balaban J connectivity index is 1.79. The number of urea groups is 1. The zero-order valence-electron chi connectivity index (χ0n) is 19.6. The van der Waals surface area contributed by atoms with Crippen LogP contribution in [0.4, 0.5) is 14.9 Å². The molecule has 3 rings (SSSR count). The molecule has 0 aromatic heterocycles. The maximum Gasteiger partial charge on any atom is 0.324 e. The fourth-order valence-corrected chi connectivity index (χ4v) is 4.02. The number of amides is 3. The van der Waals surface area contributed by atoms with Crippen LogP contribution in [-0.4, -0.2) is 59.7 Å². The highest BCUT2D eigenvalue weighted by Crippen LogP contribution is 2.23. The van der Waals surface area contributed by atoms with E-state index in [-0.39, 0.29) is 18.0 Å². The topological polar surface area (TPSA) is 76.1 Å². The number of benzene rings is 2. The van der Waals surface area contributed by atoms with Crippen LogP contribution in [0.5, 0.6) is 0 Å². The summed E-state index contributed by atoms with van der Waals surface area (Å²) in [6.45, 7) is 10.2. The molecule has 0 saturated carbocycles. The van der Waals surface area contributed by atoms with Gasteiger partial charge in [0.25, 0.3) is 5.91 Å². The summed E-state index contributed by atoms with van der Waals surface area (Å²) in [5, 5.41) is 8.81. The lowest BCUT2D eigenvalue weighted by Gasteiger charge is -2.39. The lowest BCUT2D eigenvalue weighted by atomic mass is 9.96. The zero-order chi connectivity index (χ0) is 24.0. The van der Waals surface area contributed by atoms with Gasteiger partial charge < -0.3 is 4.90 Å². The molecular weight excluding hydrogens is 423 g/mol. The number of rotatable bonds is 6. The fourth-order valence-electron chi connectivity index (χ4n) is 4.02. The van der Waals surface area contributed by atoms with Crippen LogP contribution >= 0.6 is 0 Å². The summed E-state index contributed by atoms with van der Waals surface area (Å²) in [6.07, 6.45) is 0. The highest BCUT2D eigenvalue weighted by Gasteiger charge is 2.28. The zero-order valence-corrected chi connectivity index (χ0v) is 19.6. The Morgan fingerprint density at radius 1 is 1.03 bits per heavy atom. The van der Waals surface area contributed by atoms with E-state index in [1.165, 1.54) is 0 Å². The van der Waals surface area contributed by atoms with Crippen molar-refractivity contribution in [1.82, 2.24) is 15.3 Å². The average molecular weight is 457 g/mol. The molecule has 1 saturated heterocycles. The summed E-state index contributed by atoms with van der Waals surface area (Å²) in [5.41, 5.74) is 4.07. The van der Waals surface area contributed by atoms with Gasteiger partial charge in [0.1, 0.15) is 6.67 Å². The summed E-state index contributed by atoms with van der Waals surface area (Å²) in [7, 11) is 0. The summed E-state index contributed by atoms with van der Waals surface area (Å²) in [5.74, 6) is -0.599. The van der Waals surface area contributed by atoms with Gasteiger partial charge in [0.05, 0.1) is 6.54 Å². The van der Waals surface area contributed by atoms with Gasteiger partial charge in [0.2, 0.25) is 0 Å². The molecule has 1 aliphatic heterocycles. The van der Waals surface area contributed by atoms with Crippen LogP contribution in [0, 0.1) is 5.41 Å². The first-order valence-corrected chi connectivity index (χ1v) is 11.2. The largest absolute Gasteiger partial charge is 0.324 e. The maximum atomic E-state index is 13.6. The van der Waals surface area contributed by atoms with E-state index in [0.29, 0.717) is 29.9 Å². The summed E-state index contributed by atoms with van der Waals surface area (Å²) in [6, 6.07) is 13.5. The number of halogens is 1. The van der Waals surface area contributed by atoms with Crippen LogP contribution in [0.15, 0.2) is 48.5 Å². The normalized spacial score (nSPS) is 14.8. The van der Waals surface area contributed by atoms with Crippen LogP contribution in [0.2, 0.25) is 0 Å². The molecule has 2 aromatic rings. The van der Waals surface area contributed by atoms with Crippen molar-refractivity contribution in [1.29, 1.82) is 0 Å². The second kappa shape index (κ2) is 10.8. The van der Waals surface area contributed by atoms with E-state index in [9.17, 15) is 14.0 Å². The molecule has 2 aromatic carbocycles. The molecule has 1 fully saturated rings. The van der Waals surface area contributed by atoms with Crippen molar-refractivity contribution in [3.8, 4) is 0 Å². The Bertz CT molecular complexity index is 951. The number of carbonyl (C=O) groups is 2. The maximum absolute atomic E-state index is 13.6. The number of nitrogens with one attached hydrogen (secondary N) is 1. The van der Waals surface area contributed by atoms with Gasteiger partial charge in [-0.15, -0.1) is 0 Å². The van der Waals surface area contributed by atoms with E-state index in [1.807, 2.05) is 4.90 Å². The number of nitrogens with zero attached hydrogens (tertiary/aromatic N) is 3. The Morgan fingerprint density at radius 3 is 2.27 bits per heavy atom. The van der Waals surface area contributed by atoms with E-state index in [0.717, 1.165) is 25.2 Å². The van der Waals surface area contributed by atoms with Gasteiger partial charge in [-0.05, 0) is 40.8 Å². The molecule has 0 spiro atoms. The van der Waals surface area contributed by atoms with Crippen molar-refractivity contribution in [2.24, 2.45) is 5.41 Å². The van der Waals surface area contributed by atoms with Crippen molar-refractivity contribution in [2.75, 3.05) is 37.6 Å². The first-order chi connectivity index (χ1) is 15.7. The SMILES string of the molecule is CC(C)(C)CN1CCN(C(=O)N(Cc2ccc(C(=O)NO)cc2)c2cccc(CF)c2)CC1. The lowest BCUT2D eigenvalue weighted by molar-refractivity contribution is 0.0706. The standard InChI is InChI=1S/C25H33FN4O3/c1-25(2,3)18-28-11-13-29(14-12-28)24(32)30(22-6-4-5-20(15-22)16-26)17-19-7-9-21(10-8-19)23(31)27-33/h4-10,15,33H,11-14,16-18H2,1-3H3,(H,27,31). The molecular formula is C25H33FN4O3. The van der Waals surface area contributed by atoms with Crippen LogP contribution in [0.1, 0.15) is 42.3 Å².